The van der Waals surface area contributed by atoms with Gasteiger partial charge in [0.1, 0.15) is 5.70 Å². The van der Waals surface area contributed by atoms with Crippen molar-refractivity contribution in [2.45, 2.75) is 27.3 Å². The Labute approximate surface area is 200 Å². The Bertz CT molecular complexity index is 1080. The van der Waals surface area contributed by atoms with Crippen LogP contribution in [0.15, 0.2) is 46.6 Å². The second-order valence-electron chi connectivity index (χ2n) is 7.22. The van der Waals surface area contributed by atoms with E-state index in [1.807, 2.05) is 38.1 Å². The fourth-order valence-corrected chi connectivity index (χ4v) is 3.74. The quantitative estimate of drug-likeness (QED) is 0.305. The standard InChI is InChI=1S/C24H25BrN2O6/c1-4-31-20-12-17(10-18(25)22(20)33-14-21(28)32-5-2)11-19-23(29)27(24(30)26-19)13-16-8-6-15(3)7-9-16/h6-12H,4-5,13-14H2,1-3H3,(H,26,30)/b19-11+. The number of hydrogen-bond acceptors (Lipinski definition) is 6. The first kappa shape index (κ1) is 24.3. The maximum absolute atomic E-state index is 12.8. The molecule has 0 unspecified atom stereocenters. The Kier molecular flexibility index (Phi) is 8.11. The van der Waals surface area contributed by atoms with E-state index in [0.717, 1.165) is 16.0 Å². The van der Waals surface area contributed by atoms with Gasteiger partial charge in [0.05, 0.1) is 24.2 Å². The normalized spacial score (nSPS) is 14.4. The predicted molar refractivity (Wildman–Crippen MR) is 126 cm³/mol. The Morgan fingerprint density at radius 2 is 1.82 bits per heavy atom. The molecule has 174 valence electrons. The average Bonchev–Trinajstić information content (AvgIpc) is 3.02. The van der Waals surface area contributed by atoms with E-state index in [1.165, 1.54) is 0 Å². The van der Waals surface area contributed by atoms with Crippen LogP contribution in [0.3, 0.4) is 0 Å². The molecule has 1 heterocycles. The van der Waals surface area contributed by atoms with Crippen LogP contribution in [0.1, 0.15) is 30.5 Å². The summed E-state index contributed by atoms with van der Waals surface area (Å²) in [6.07, 6.45) is 1.57. The van der Waals surface area contributed by atoms with Gasteiger partial charge in [-0.15, -0.1) is 0 Å². The van der Waals surface area contributed by atoms with E-state index in [4.69, 9.17) is 14.2 Å². The van der Waals surface area contributed by atoms with Crippen LogP contribution < -0.4 is 14.8 Å². The molecule has 3 rings (SSSR count). The van der Waals surface area contributed by atoms with Crippen molar-refractivity contribution in [3.63, 3.8) is 0 Å². The number of hydrogen-bond donors (Lipinski definition) is 1. The lowest BCUT2D eigenvalue weighted by Gasteiger charge is -2.14. The van der Waals surface area contributed by atoms with E-state index in [0.29, 0.717) is 28.1 Å². The first-order valence-electron chi connectivity index (χ1n) is 10.5. The number of ether oxygens (including phenoxy) is 3. The highest BCUT2D eigenvalue weighted by atomic mass is 79.9. The van der Waals surface area contributed by atoms with Crippen LogP contribution in [0.4, 0.5) is 4.79 Å². The maximum Gasteiger partial charge on any atom is 0.344 e. The van der Waals surface area contributed by atoms with Gasteiger partial charge in [0.15, 0.2) is 18.1 Å². The summed E-state index contributed by atoms with van der Waals surface area (Å²) in [7, 11) is 0. The van der Waals surface area contributed by atoms with Crippen LogP contribution in [0.25, 0.3) is 6.08 Å². The zero-order valence-electron chi connectivity index (χ0n) is 18.6. The molecule has 0 spiro atoms. The predicted octanol–water partition coefficient (Wildman–Crippen LogP) is 4.19. The third-order valence-electron chi connectivity index (χ3n) is 4.71. The number of halogens is 1. The lowest BCUT2D eigenvalue weighted by atomic mass is 10.1. The van der Waals surface area contributed by atoms with Crippen LogP contribution in [0.5, 0.6) is 11.5 Å². The summed E-state index contributed by atoms with van der Waals surface area (Å²) in [4.78, 5) is 38.1. The fraction of sp³-hybridized carbons (Fsp3) is 0.292. The number of nitrogens with one attached hydrogen (secondary N) is 1. The highest BCUT2D eigenvalue weighted by molar-refractivity contribution is 9.10. The van der Waals surface area contributed by atoms with Gasteiger partial charge in [0.2, 0.25) is 0 Å². The molecule has 1 aliphatic heterocycles. The maximum atomic E-state index is 12.8. The summed E-state index contributed by atoms with van der Waals surface area (Å²) in [6.45, 7) is 6.04. The van der Waals surface area contributed by atoms with Gasteiger partial charge in [-0.25, -0.2) is 9.59 Å². The molecule has 0 bridgehead atoms. The Balaban J connectivity index is 1.81. The van der Waals surface area contributed by atoms with E-state index in [-0.39, 0.29) is 25.5 Å². The monoisotopic (exact) mass is 516 g/mol. The Hall–Kier alpha value is -3.33. The van der Waals surface area contributed by atoms with E-state index in [1.54, 1.807) is 25.1 Å². The van der Waals surface area contributed by atoms with Crippen molar-refractivity contribution in [1.82, 2.24) is 10.2 Å². The number of esters is 1. The molecule has 9 heteroatoms. The molecule has 0 aliphatic carbocycles. The molecule has 0 saturated carbocycles. The molecular weight excluding hydrogens is 492 g/mol. The molecule has 1 fully saturated rings. The second-order valence-corrected chi connectivity index (χ2v) is 8.08. The van der Waals surface area contributed by atoms with Gasteiger partial charge in [-0.3, -0.25) is 9.69 Å². The van der Waals surface area contributed by atoms with E-state index >= 15 is 0 Å². The van der Waals surface area contributed by atoms with Crippen molar-refractivity contribution >= 4 is 39.9 Å². The topological polar surface area (TPSA) is 94.2 Å². The number of nitrogens with zero attached hydrogens (tertiary/aromatic N) is 1. The highest BCUT2D eigenvalue weighted by Gasteiger charge is 2.33. The SMILES string of the molecule is CCOC(=O)COc1c(Br)cc(/C=C2/NC(=O)N(Cc3ccc(C)cc3)C2=O)cc1OCC. The molecule has 2 aromatic carbocycles. The molecule has 3 amide bonds. The van der Waals surface area contributed by atoms with Crippen molar-refractivity contribution in [1.29, 1.82) is 0 Å². The molecule has 8 nitrogen and oxygen atoms in total. The van der Waals surface area contributed by atoms with E-state index < -0.39 is 17.9 Å². The Morgan fingerprint density at radius 3 is 2.48 bits per heavy atom. The zero-order valence-corrected chi connectivity index (χ0v) is 20.2. The highest BCUT2D eigenvalue weighted by Crippen LogP contribution is 2.37. The smallest absolute Gasteiger partial charge is 0.344 e. The minimum absolute atomic E-state index is 0.154. The number of carbonyl (C=O) groups is 3. The van der Waals surface area contributed by atoms with E-state index in [9.17, 15) is 14.4 Å². The van der Waals surface area contributed by atoms with Crippen molar-refractivity contribution in [2.24, 2.45) is 0 Å². The first-order chi connectivity index (χ1) is 15.8. The molecule has 0 radical (unpaired) electrons. The molecule has 0 aromatic heterocycles. The average molecular weight is 517 g/mol. The van der Waals surface area contributed by atoms with Crippen molar-refractivity contribution in [3.05, 3.63) is 63.3 Å². The van der Waals surface area contributed by atoms with Crippen LogP contribution >= 0.6 is 15.9 Å². The summed E-state index contributed by atoms with van der Waals surface area (Å²) < 4.78 is 16.6. The number of rotatable bonds is 9. The third-order valence-corrected chi connectivity index (χ3v) is 5.30. The van der Waals surface area contributed by atoms with Gasteiger partial charge >= 0.3 is 12.0 Å². The van der Waals surface area contributed by atoms with Crippen molar-refractivity contribution < 1.29 is 28.6 Å². The van der Waals surface area contributed by atoms with Crippen LogP contribution in [-0.2, 0) is 20.9 Å². The zero-order chi connectivity index (χ0) is 24.0. The van der Waals surface area contributed by atoms with Gasteiger partial charge in [-0.05, 0) is 66.0 Å². The Morgan fingerprint density at radius 1 is 1.09 bits per heavy atom. The number of amides is 3. The second kappa shape index (κ2) is 11.0. The molecular formula is C24H25BrN2O6. The van der Waals surface area contributed by atoms with Crippen molar-refractivity contribution in [2.75, 3.05) is 19.8 Å². The molecule has 0 atom stereocenters. The van der Waals surface area contributed by atoms with Gasteiger partial charge in [0, 0.05) is 0 Å². The molecule has 1 saturated heterocycles. The summed E-state index contributed by atoms with van der Waals surface area (Å²) >= 11 is 3.43. The number of imide groups is 1. The summed E-state index contributed by atoms with van der Waals surface area (Å²) in [6, 6.07) is 10.5. The van der Waals surface area contributed by atoms with Gasteiger partial charge in [-0.1, -0.05) is 29.8 Å². The van der Waals surface area contributed by atoms with Gasteiger partial charge in [0.25, 0.3) is 5.91 Å². The lowest BCUT2D eigenvalue weighted by Crippen LogP contribution is -2.30. The lowest BCUT2D eigenvalue weighted by molar-refractivity contribution is -0.145. The minimum atomic E-state index is -0.494. The van der Waals surface area contributed by atoms with Crippen molar-refractivity contribution in [3.8, 4) is 11.5 Å². The number of benzene rings is 2. The van der Waals surface area contributed by atoms with E-state index in [2.05, 4.69) is 21.2 Å². The first-order valence-corrected chi connectivity index (χ1v) is 11.3. The van der Waals surface area contributed by atoms with Crippen LogP contribution in [0.2, 0.25) is 0 Å². The largest absolute Gasteiger partial charge is 0.490 e. The molecule has 33 heavy (non-hydrogen) atoms. The summed E-state index contributed by atoms with van der Waals surface area (Å²) in [5.41, 5.74) is 2.72. The molecule has 1 aliphatic rings. The number of carbonyl (C=O) groups excluding carboxylic acids is 3. The van der Waals surface area contributed by atoms with Crippen LogP contribution in [0, 0.1) is 6.92 Å². The molecule has 2 aromatic rings. The fourth-order valence-electron chi connectivity index (χ4n) is 3.17. The molecule has 1 N–H and O–H groups in total. The van der Waals surface area contributed by atoms with Crippen LogP contribution in [-0.4, -0.2) is 42.6 Å². The third kappa shape index (κ3) is 6.13. The van der Waals surface area contributed by atoms with Gasteiger partial charge < -0.3 is 19.5 Å². The summed E-state index contributed by atoms with van der Waals surface area (Å²) in [5.74, 6) is -0.186. The summed E-state index contributed by atoms with van der Waals surface area (Å²) in [5, 5.41) is 2.62. The minimum Gasteiger partial charge on any atom is -0.490 e. The number of urea groups is 1. The van der Waals surface area contributed by atoms with Gasteiger partial charge in [-0.2, -0.15) is 0 Å². The number of aryl methyl sites for hydroxylation is 1.